The van der Waals surface area contributed by atoms with Crippen LogP contribution in [0.25, 0.3) is 97.7 Å². The van der Waals surface area contributed by atoms with Crippen molar-refractivity contribution >= 4 is 86.8 Å². The van der Waals surface area contributed by atoms with Crippen molar-refractivity contribution in [1.29, 1.82) is 21.0 Å². The Hall–Kier alpha value is -9.00. The van der Waals surface area contributed by atoms with Crippen molar-refractivity contribution in [2.45, 2.75) is 59.4 Å². The molecule has 0 N–H and O–H groups in total. The Bertz CT molecular complexity index is 4320. The highest BCUT2D eigenvalue weighted by Crippen LogP contribution is 2.56. The van der Waals surface area contributed by atoms with Gasteiger partial charge in [0.05, 0.1) is 52.6 Å². The van der Waals surface area contributed by atoms with Gasteiger partial charge in [-0.1, -0.05) is 139 Å². The highest BCUT2D eigenvalue weighted by Gasteiger charge is 2.31. The van der Waals surface area contributed by atoms with E-state index in [1.807, 2.05) is 12.1 Å². The number of rotatable bonds is 5. The first kappa shape index (κ1) is 43.3. The first-order chi connectivity index (χ1) is 34.3. The summed E-state index contributed by atoms with van der Waals surface area (Å²) in [4.78, 5) is 2.49. The fourth-order valence-corrected chi connectivity index (χ4v) is 11.8. The summed E-state index contributed by atoms with van der Waals surface area (Å²) in [6.45, 7) is 13.5. The van der Waals surface area contributed by atoms with E-state index in [-0.39, 0.29) is 16.9 Å². The average Bonchev–Trinajstić information content (AvgIpc) is 3.90. The van der Waals surface area contributed by atoms with Crippen LogP contribution in [0.2, 0.25) is 0 Å². The summed E-state index contributed by atoms with van der Waals surface area (Å²) >= 11 is 0. The second-order valence-electron chi connectivity index (χ2n) is 21.2. The van der Waals surface area contributed by atoms with E-state index in [0.29, 0.717) is 33.4 Å². The van der Waals surface area contributed by atoms with Crippen LogP contribution in [0, 0.1) is 50.7 Å². The highest BCUT2D eigenvalue weighted by atomic mass is 15.2. The second kappa shape index (κ2) is 15.8. The normalized spacial score (nSPS) is 14.1. The van der Waals surface area contributed by atoms with Gasteiger partial charge in [-0.2, -0.15) is 21.0 Å². The van der Waals surface area contributed by atoms with E-state index >= 15 is 0 Å². The molecular weight excluding hydrogens is 863 g/mol. The summed E-state index contributed by atoms with van der Waals surface area (Å²) in [5.74, 6) is 0. The van der Waals surface area contributed by atoms with Gasteiger partial charge in [-0.25, -0.2) is 0 Å². The van der Waals surface area contributed by atoms with E-state index in [0.717, 1.165) is 104 Å². The lowest BCUT2D eigenvalue weighted by molar-refractivity contribution is 0.510. The fourth-order valence-electron chi connectivity index (χ4n) is 11.8. The zero-order valence-electron chi connectivity index (χ0n) is 40.5. The van der Waals surface area contributed by atoms with Crippen LogP contribution in [-0.2, 0) is 5.41 Å². The summed E-state index contributed by atoms with van der Waals surface area (Å²) in [6, 6.07) is 57.8. The first-order valence-corrected chi connectivity index (χ1v) is 24.3. The predicted octanol–water partition coefficient (Wildman–Crippen LogP) is 17.2. The van der Waals surface area contributed by atoms with Crippen LogP contribution < -0.4 is 4.90 Å². The Balaban J connectivity index is 1.30. The highest BCUT2D eigenvalue weighted by molar-refractivity contribution is 6.45. The van der Waals surface area contributed by atoms with Crippen LogP contribution in [0.4, 0.5) is 11.4 Å². The smallest absolute Gasteiger partial charge is 0.0998 e. The van der Waals surface area contributed by atoms with Crippen LogP contribution in [0.1, 0.15) is 75.8 Å². The molecule has 1 atom stereocenters. The third kappa shape index (κ3) is 6.48. The maximum Gasteiger partial charge on any atom is 0.0998 e. The molecule has 1 aliphatic carbocycles. The third-order valence-corrected chi connectivity index (χ3v) is 15.1. The van der Waals surface area contributed by atoms with Gasteiger partial charge in [0.1, 0.15) is 0 Å². The van der Waals surface area contributed by atoms with Gasteiger partial charge in [-0.15, -0.1) is 0 Å². The van der Waals surface area contributed by atoms with Crippen molar-refractivity contribution in [3.05, 3.63) is 191 Å². The van der Waals surface area contributed by atoms with Crippen molar-refractivity contribution in [2.75, 3.05) is 4.90 Å². The van der Waals surface area contributed by atoms with Gasteiger partial charge in [0.2, 0.25) is 0 Å². The molecule has 5 nitrogen and oxygen atoms in total. The molecular formula is C66H47N5. The van der Waals surface area contributed by atoms with Gasteiger partial charge in [-0.05, 0) is 165 Å². The Labute approximate surface area is 413 Å². The van der Waals surface area contributed by atoms with Crippen LogP contribution in [-0.4, -0.2) is 6.04 Å². The zero-order chi connectivity index (χ0) is 49.1. The number of hydrogen-bond acceptors (Lipinski definition) is 5. The standard InChI is InChI=1S/C66H47N5/c1-65(2,3)42-21-25-44(26-22-42)71(45-27-23-43(24-28-45)66(4,5)6)57-30-29-52-59-49(57)14-10-16-51(59)62-61(53-31-38(34-67)17-19-40(53)36-69)56-33-55-47-12-8-7-11-46(47)48-13-9-15-50(58(48)55)60(56)64(63(52)62)54-32-39(35-68)18-20-41(54)37-70/h7-27,29-33,45H,28H2,1-6H3. The molecule has 1 unspecified atom stereocenters. The van der Waals surface area contributed by atoms with Crippen LogP contribution >= 0.6 is 0 Å². The topological polar surface area (TPSA) is 98.4 Å². The zero-order valence-corrected chi connectivity index (χ0v) is 40.5. The number of nitrogens with zero attached hydrogens (tertiary/aromatic N) is 5. The van der Waals surface area contributed by atoms with Crippen molar-refractivity contribution in [3.8, 4) is 46.5 Å². The molecule has 1 aliphatic rings. The summed E-state index contributed by atoms with van der Waals surface area (Å²) in [7, 11) is 0. The lowest BCUT2D eigenvalue weighted by Gasteiger charge is -2.36. The minimum atomic E-state index is -0.0167. The second-order valence-corrected chi connectivity index (χ2v) is 21.2. The van der Waals surface area contributed by atoms with E-state index in [2.05, 4.69) is 192 Å². The van der Waals surface area contributed by atoms with Crippen molar-refractivity contribution in [2.24, 2.45) is 5.41 Å². The quantitative estimate of drug-likeness (QED) is 0.160. The fraction of sp³-hybridized carbons (Fsp3) is 0.152. The molecule has 0 amide bonds. The lowest BCUT2D eigenvalue weighted by atomic mass is 9.81. The summed E-state index contributed by atoms with van der Waals surface area (Å²) in [5.41, 5.74) is 9.58. The molecule has 11 aromatic rings. The molecule has 0 saturated heterocycles. The first-order valence-electron chi connectivity index (χ1n) is 24.3. The van der Waals surface area contributed by atoms with Gasteiger partial charge in [0.25, 0.3) is 0 Å². The molecule has 0 bridgehead atoms. The summed E-state index contributed by atoms with van der Waals surface area (Å²) in [6.07, 6.45) is 7.87. The van der Waals surface area contributed by atoms with E-state index in [1.165, 1.54) is 11.1 Å². The van der Waals surface area contributed by atoms with Gasteiger partial charge in [0.15, 0.2) is 0 Å². The van der Waals surface area contributed by atoms with Crippen LogP contribution in [0.15, 0.2) is 163 Å². The molecule has 0 spiro atoms. The van der Waals surface area contributed by atoms with E-state index in [1.54, 1.807) is 24.3 Å². The molecule has 336 valence electrons. The molecule has 0 saturated carbocycles. The van der Waals surface area contributed by atoms with Gasteiger partial charge in [-0.3, -0.25) is 0 Å². The molecule has 0 heterocycles. The monoisotopic (exact) mass is 909 g/mol. The number of fused-ring (bicyclic) bond motifs is 8. The van der Waals surface area contributed by atoms with Crippen molar-refractivity contribution in [1.82, 2.24) is 0 Å². The molecule has 12 rings (SSSR count). The maximum atomic E-state index is 11.0. The maximum absolute atomic E-state index is 11.0. The number of anilines is 2. The number of hydrogen-bond donors (Lipinski definition) is 0. The minimum Gasteiger partial charge on any atom is -0.334 e. The van der Waals surface area contributed by atoms with Crippen molar-refractivity contribution in [3.63, 3.8) is 0 Å². The molecule has 0 aliphatic heterocycles. The van der Waals surface area contributed by atoms with Crippen LogP contribution in [0.3, 0.4) is 0 Å². The Morgan fingerprint density at radius 3 is 1.59 bits per heavy atom. The van der Waals surface area contributed by atoms with Gasteiger partial charge in [0, 0.05) is 33.5 Å². The molecule has 0 aromatic heterocycles. The van der Waals surface area contributed by atoms with E-state index in [9.17, 15) is 21.0 Å². The predicted molar refractivity (Wildman–Crippen MR) is 293 cm³/mol. The SMILES string of the molecule is CC(C)(C)C1=CCC(N(c2ccc(C(C)(C)C)cc2)c2ccc3c4c(-c5cc(C#N)ccc5C#N)c5c(cc6c7ccccc7c7cccc5c76)c(-c5cc(C#N)ccc5C#N)c4c4cccc2c43)C=C1. The van der Waals surface area contributed by atoms with E-state index < -0.39 is 0 Å². The Kier molecular flexibility index (Phi) is 9.62. The number of allylic oxidation sites excluding steroid dienone is 2. The Morgan fingerprint density at radius 1 is 0.451 bits per heavy atom. The average molecular weight is 910 g/mol. The largest absolute Gasteiger partial charge is 0.334 e. The molecule has 5 heteroatoms. The minimum absolute atomic E-state index is 0.0133. The van der Waals surface area contributed by atoms with Gasteiger partial charge < -0.3 is 4.90 Å². The number of nitriles is 4. The molecule has 0 radical (unpaired) electrons. The molecule has 11 aromatic carbocycles. The van der Waals surface area contributed by atoms with Crippen molar-refractivity contribution < 1.29 is 0 Å². The summed E-state index contributed by atoms with van der Waals surface area (Å²) < 4.78 is 0. The molecule has 0 fully saturated rings. The lowest BCUT2D eigenvalue weighted by Crippen LogP contribution is -2.31. The van der Waals surface area contributed by atoms with E-state index in [4.69, 9.17) is 0 Å². The Morgan fingerprint density at radius 2 is 1.00 bits per heavy atom. The number of benzene rings is 9. The van der Waals surface area contributed by atoms with Crippen LogP contribution in [0.5, 0.6) is 0 Å². The molecule has 71 heavy (non-hydrogen) atoms. The third-order valence-electron chi connectivity index (χ3n) is 15.1. The van der Waals surface area contributed by atoms with Gasteiger partial charge >= 0.3 is 0 Å². The summed E-state index contributed by atoms with van der Waals surface area (Å²) in [5, 5.41) is 57.4.